The summed E-state index contributed by atoms with van der Waals surface area (Å²) >= 11 is 0. The van der Waals surface area contributed by atoms with E-state index in [1.165, 1.54) is 36.4 Å². The van der Waals surface area contributed by atoms with Crippen molar-refractivity contribution in [1.82, 2.24) is 0 Å². The molecular formula is C84H120O18. The van der Waals surface area contributed by atoms with E-state index in [9.17, 15) is 28.8 Å². The maximum Gasteiger partial charge on any atom is 0.514 e. The van der Waals surface area contributed by atoms with Crippen molar-refractivity contribution in [3.8, 4) is 34.5 Å². The van der Waals surface area contributed by atoms with Crippen LogP contribution in [0.2, 0.25) is 0 Å². The van der Waals surface area contributed by atoms with Crippen LogP contribution in [0.5, 0.6) is 34.5 Å². The molecule has 0 heterocycles. The molecule has 10 rings (SSSR count). The van der Waals surface area contributed by atoms with E-state index in [4.69, 9.17) is 56.8 Å². The number of fused-ring (bicyclic) bond motifs is 6. The largest absolute Gasteiger partial charge is 0.514 e. The number of ether oxygens (including phenoxy) is 12. The molecule has 0 saturated heterocycles. The predicted molar refractivity (Wildman–Crippen MR) is 392 cm³/mol. The summed E-state index contributed by atoms with van der Waals surface area (Å²) in [6.07, 6.45) is 5.77. The number of hydrogen-bond donors (Lipinski definition) is 0. The monoisotopic (exact) mass is 1420 g/mol. The molecule has 0 radical (unpaired) electrons. The maximum atomic E-state index is 14.7. The van der Waals surface area contributed by atoms with Crippen molar-refractivity contribution >= 4 is 69.2 Å². The van der Waals surface area contributed by atoms with Crippen LogP contribution in [-0.4, -0.2) is 73.6 Å². The van der Waals surface area contributed by atoms with Gasteiger partial charge in [-0.05, 0) is 252 Å². The molecule has 4 aromatic rings. The molecule has 6 saturated carbocycles. The van der Waals surface area contributed by atoms with Crippen molar-refractivity contribution in [2.24, 2.45) is 107 Å². The van der Waals surface area contributed by atoms with Crippen LogP contribution in [0.3, 0.4) is 0 Å². The highest BCUT2D eigenvalue weighted by molar-refractivity contribution is 6.27. The van der Waals surface area contributed by atoms with Gasteiger partial charge in [-0.3, -0.25) is 0 Å². The highest BCUT2D eigenvalue weighted by atomic mass is 16.8. The van der Waals surface area contributed by atoms with Gasteiger partial charge in [0.2, 0.25) is 0 Å². The molecular weight excluding hydrogens is 1300 g/mol. The van der Waals surface area contributed by atoms with Gasteiger partial charge in [0.15, 0.2) is 34.5 Å². The van der Waals surface area contributed by atoms with Crippen LogP contribution in [-0.2, 0) is 28.4 Å². The quantitative estimate of drug-likeness (QED) is 0.0392. The summed E-state index contributed by atoms with van der Waals surface area (Å²) in [5.41, 5.74) is 0. The van der Waals surface area contributed by atoms with Crippen LogP contribution in [0.1, 0.15) is 240 Å². The zero-order valence-corrected chi connectivity index (χ0v) is 64.4. The van der Waals surface area contributed by atoms with Gasteiger partial charge >= 0.3 is 36.9 Å². The molecule has 18 nitrogen and oxygen atoms in total. The molecule has 18 heteroatoms. The van der Waals surface area contributed by atoms with Crippen LogP contribution < -0.4 is 28.4 Å². The fraction of sp³-hybridized carbons (Fsp3) is 0.714. The van der Waals surface area contributed by atoms with E-state index in [1.54, 1.807) is 0 Å². The number of carbonyl (C=O) groups is 6. The Kier molecular flexibility index (Phi) is 26.0. The second-order valence-electron chi connectivity index (χ2n) is 34.5. The fourth-order valence-electron chi connectivity index (χ4n) is 18.4. The normalized spacial score (nSPS) is 30.1. The van der Waals surface area contributed by atoms with Crippen LogP contribution in [0.4, 0.5) is 28.8 Å². The lowest BCUT2D eigenvalue weighted by Gasteiger charge is -2.36. The number of carbonyl (C=O) groups excluding carboxylic acids is 6. The first kappa shape index (κ1) is 77.9. The Balaban J connectivity index is 1.20. The third-order valence-corrected chi connectivity index (χ3v) is 24.5. The van der Waals surface area contributed by atoms with Gasteiger partial charge in [-0.1, -0.05) is 163 Å². The molecule has 0 N–H and O–H groups in total. The number of hydrogen-bond acceptors (Lipinski definition) is 18. The Morgan fingerprint density at radius 1 is 0.235 bits per heavy atom. The minimum absolute atomic E-state index is 0.0535. The Bertz CT molecular complexity index is 2960. The van der Waals surface area contributed by atoms with Crippen molar-refractivity contribution in [3.05, 3.63) is 36.4 Å². The molecule has 564 valence electrons. The van der Waals surface area contributed by atoms with Crippen LogP contribution >= 0.6 is 0 Å². The van der Waals surface area contributed by atoms with Gasteiger partial charge in [0.25, 0.3) is 0 Å². The average molecular weight is 1420 g/mol. The van der Waals surface area contributed by atoms with E-state index in [0.29, 0.717) is 70.8 Å². The second kappa shape index (κ2) is 34.0. The van der Waals surface area contributed by atoms with E-state index in [2.05, 4.69) is 125 Å². The zero-order chi connectivity index (χ0) is 73.7. The van der Waals surface area contributed by atoms with Gasteiger partial charge < -0.3 is 56.8 Å². The smallest absolute Gasteiger partial charge is 0.430 e. The van der Waals surface area contributed by atoms with E-state index in [1.807, 2.05) is 0 Å². The molecule has 6 aliphatic carbocycles. The Labute approximate surface area is 606 Å². The summed E-state index contributed by atoms with van der Waals surface area (Å²) in [5.74, 6) is 1.87. The molecule has 6 fully saturated rings. The summed E-state index contributed by atoms with van der Waals surface area (Å²) in [6, 6.07) is 9.23. The highest BCUT2D eigenvalue weighted by Crippen LogP contribution is 2.50. The van der Waals surface area contributed by atoms with Gasteiger partial charge in [-0.25, -0.2) is 28.8 Å². The maximum absolute atomic E-state index is 14.7. The third-order valence-electron chi connectivity index (χ3n) is 24.5. The van der Waals surface area contributed by atoms with E-state index in [-0.39, 0.29) is 141 Å². The van der Waals surface area contributed by atoms with E-state index >= 15 is 0 Å². The van der Waals surface area contributed by atoms with Crippen molar-refractivity contribution in [3.63, 3.8) is 0 Å². The van der Waals surface area contributed by atoms with Gasteiger partial charge in [-0.15, -0.1) is 0 Å². The van der Waals surface area contributed by atoms with Gasteiger partial charge in [0.05, 0.1) is 0 Å². The molecule has 4 aromatic carbocycles. The standard InChI is InChI=1S/C84H120O18/c1-43(2)55-25-19-49(13)31-67(55)91-79(85)97-73-37-61-62(38-74(73)98-80(86)92-68-32-50(14)20-26-56(68)44(3)4)64-40-76(100-82(88)94-70-34-52(16)22-28-58(70)46(7)8)78(102-84(90)96-72-36-54(18)24-30-60(72)48(11)12)42-66(64)65-41-77(101-83(89)95-71-35-53(17)23-29-59(71)47(9)10)75(39-63(61)65)99-81(87)93-69-33-51(15)21-27-57(69)45(5)6/h37-60,67-72H,19-36H2,1-18H3. The first-order valence-corrected chi connectivity index (χ1v) is 39.2. The van der Waals surface area contributed by atoms with Crippen molar-refractivity contribution in [1.29, 1.82) is 0 Å². The summed E-state index contributed by atoms with van der Waals surface area (Å²) in [4.78, 5) is 88.1. The Morgan fingerprint density at radius 2 is 0.363 bits per heavy atom. The van der Waals surface area contributed by atoms with Gasteiger partial charge in [-0.2, -0.15) is 0 Å². The lowest BCUT2D eigenvalue weighted by atomic mass is 9.75. The number of rotatable bonds is 18. The summed E-state index contributed by atoms with van der Waals surface area (Å²) < 4.78 is 75.8. The zero-order valence-electron chi connectivity index (χ0n) is 64.4. The molecule has 18 atom stereocenters. The Hall–Kier alpha value is -6.72. The molecule has 6 aliphatic rings. The molecule has 0 aliphatic heterocycles. The average Bonchev–Trinajstić information content (AvgIpc) is 0.723. The molecule has 0 spiro atoms. The molecule has 0 aromatic heterocycles. The third kappa shape index (κ3) is 19.2. The van der Waals surface area contributed by atoms with Crippen LogP contribution in [0, 0.1) is 107 Å². The molecule has 18 unspecified atom stereocenters. The highest BCUT2D eigenvalue weighted by Gasteiger charge is 2.42. The summed E-state index contributed by atoms with van der Waals surface area (Å²) in [6.45, 7) is 38.2. The van der Waals surface area contributed by atoms with Crippen LogP contribution in [0.15, 0.2) is 36.4 Å². The summed E-state index contributed by atoms with van der Waals surface area (Å²) in [5, 5.41) is 1.92. The summed E-state index contributed by atoms with van der Waals surface area (Å²) in [7, 11) is 0. The fourth-order valence-corrected chi connectivity index (χ4v) is 18.4. The second-order valence-corrected chi connectivity index (χ2v) is 34.5. The van der Waals surface area contributed by atoms with Crippen molar-refractivity contribution in [2.75, 3.05) is 0 Å². The van der Waals surface area contributed by atoms with Gasteiger partial charge in [0.1, 0.15) is 36.6 Å². The van der Waals surface area contributed by atoms with Crippen molar-refractivity contribution in [2.45, 2.75) is 277 Å². The SMILES string of the molecule is CC1CCC(C(C)C)C(OC(=O)Oc2cc3c4cc(OC(=O)OC5CC(C)CCC5C(C)C)c(OC(=O)OC5CC(C)CCC5C(C)C)cc4c4cc(OC(=O)OC5CC(C)CCC5C(C)C)c(OC(=O)OC5CC(C)CCC5C(C)C)cc4c3cc2OC(=O)OC2CC(C)CCC2C(C)C)C1. The predicted octanol–water partition coefficient (Wildman–Crippen LogP) is 23.0. The van der Waals surface area contributed by atoms with Gasteiger partial charge in [0, 0.05) is 0 Å². The van der Waals surface area contributed by atoms with E-state index < -0.39 is 73.6 Å². The number of benzene rings is 4. The lowest BCUT2D eigenvalue weighted by molar-refractivity contribution is -0.0179. The molecule has 102 heavy (non-hydrogen) atoms. The minimum Gasteiger partial charge on any atom is -0.430 e. The van der Waals surface area contributed by atoms with Crippen LogP contribution in [0.25, 0.3) is 32.3 Å². The molecule has 0 bridgehead atoms. The first-order chi connectivity index (χ1) is 48.4. The first-order valence-electron chi connectivity index (χ1n) is 39.2. The molecule has 0 amide bonds. The topological polar surface area (TPSA) is 213 Å². The lowest BCUT2D eigenvalue weighted by Crippen LogP contribution is -2.37. The Morgan fingerprint density at radius 3 is 0.480 bits per heavy atom. The van der Waals surface area contributed by atoms with Crippen molar-refractivity contribution < 1.29 is 85.6 Å². The minimum atomic E-state index is -1.02. The van der Waals surface area contributed by atoms with E-state index in [0.717, 1.165) is 77.0 Å².